The van der Waals surface area contributed by atoms with Crippen molar-refractivity contribution in [1.82, 2.24) is 5.32 Å². The number of rotatable bonds is 6. The Kier molecular flexibility index (Phi) is 5.42. The van der Waals surface area contributed by atoms with Crippen LogP contribution in [-0.4, -0.2) is 26.2 Å². The van der Waals surface area contributed by atoms with Gasteiger partial charge >= 0.3 is 0 Å². The quantitative estimate of drug-likeness (QED) is 0.820. The van der Waals surface area contributed by atoms with E-state index in [0.717, 1.165) is 13.1 Å². The number of hydrogen-bond acceptors (Lipinski definition) is 2. The average Bonchev–Trinajstić information content (AvgIpc) is 2.26. The monoisotopic (exact) mass is 238 g/mol. The van der Waals surface area contributed by atoms with E-state index in [9.17, 15) is 4.39 Å². The van der Waals surface area contributed by atoms with Gasteiger partial charge in [-0.15, -0.1) is 0 Å². The Hall–Kier alpha value is -1.09. The van der Waals surface area contributed by atoms with Gasteiger partial charge in [0.05, 0.1) is 5.69 Å². The van der Waals surface area contributed by atoms with E-state index in [0.29, 0.717) is 17.6 Å². The van der Waals surface area contributed by atoms with E-state index in [1.54, 1.807) is 6.07 Å². The topological polar surface area (TPSA) is 15.3 Å². The molecule has 0 bridgehead atoms. The fourth-order valence-corrected chi connectivity index (χ4v) is 1.83. The van der Waals surface area contributed by atoms with Crippen LogP contribution in [0, 0.1) is 11.7 Å². The minimum Gasteiger partial charge on any atom is -0.372 e. The van der Waals surface area contributed by atoms with E-state index in [1.807, 2.05) is 24.1 Å². The van der Waals surface area contributed by atoms with Gasteiger partial charge in [-0.2, -0.15) is 0 Å². The molecule has 0 saturated carbocycles. The molecule has 17 heavy (non-hydrogen) atoms. The standard InChI is InChI=1S/C14H23FN2/c1-11(2)16-9-12(3)10-17(4)14-8-6-5-7-13(14)15/h5-8,11-12,16H,9-10H2,1-4H3. The van der Waals surface area contributed by atoms with Crippen LogP contribution in [0.1, 0.15) is 20.8 Å². The van der Waals surface area contributed by atoms with Crippen molar-refractivity contribution >= 4 is 5.69 Å². The Balaban J connectivity index is 2.49. The summed E-state index contributed by atoms with van der Waals surface area (Å²) in [5.74, 6) is 0.334. The third kappa shape index (κ3) is 4.73. The van der Waals surface area contributed by atoms with Crippen molar-refractivity contribution in [3.63, 3.8) is 0 Å². The summed E-state index contributed by atoms with van der Waals surface area (Å²) in [7, 11) is 1.93. The summed E-state index contributed by atoms with van der Waals surface area (Å²) in [6.45, 7) is 8.24. The molecule has 3 heteroatoms. The molecule has 0 aliphatic heterocycles. The zero-order valence-electron chi connectivity index (χ0n) is 11.2. The van der Waals surface area contributed by atoms with Gasteiger partial charge < -0.3 is 10.2 Å². The summed E-state index contributed by atoms with van der Waals surface area (Å²) in [6, 6.07) is 7.40. The third-order valence-electron chi connectivity index (χ3n) is 2.72. The molecule has 0 aromatic heterocycles. The van der Waals surface area contributed by atoms with Crippen molar-refractivity contribution < 1.29 is 4.39 Å². The van der Waals surface area contributed by atoms with E-state index in [-0.39, 0.29) is 5.82 Å². The van der Waals surface area contributed by atoms with Gasteiger partial charge in [-0.3, -0.25) is 0 Å². The van der Waals surface area contributed by atoms with Crippen molar-refractivity contribution in [3.8, 4) is 0 Å². The molecule has 1 atom stereocenters. The van der Waals surface area contributed by atoms with Gasteiger partial charge in [-0.05, 0) is 24.6 Å². The highest BCUT2D eigenvalue weighted by Crippen LogP contribution is 2.17. The number of benzene rings is 1. The maximum absolute atomic E-state index is 13.5. The van der Waals surface area contributed by atoms with Crippen LogP contribution in [0.5, 0.6) is 0 Å². The SMILES string of the molecule is CC(CNC(C)C)CN(C)c1ccccc1F. The first-order valence-electron chi connectivity index (χ1n) is 6.19. The molecular weight excluding hydrogens is 215 g/mol. The van der Waals surface area contributed by atoms with Crippen molar-refractivity contribution in [2.45, 2.75) is 26.8 Å². The Morgan fingerprint density at radius 3 is 2.47 bits per heavy atom. The Labute approximate surface area is 104 Å². The highest BCUT2D eigenvalue weighted by atomic mass is 19.1. The first kappa shape index (κ1) is 14.0. The van der Waals surface area contributed by atoms with E-state index in [1.165, 1.54) is 6.07 Å². The van der Waals surface area contributed by atoms with Crippen molar-refractivity contribution in [3.05, 3.63) is 30.1 Å². The third-order valence-corrected chi connectivity index (χ3v) is 2.72. The minimum atomic E-state index is -0.154. The average molecular weight is 238 g/mol. The Morgan fingerprint density at radius 1 is 1.24 bits per heavy atom. The van der Waals surface area contributed by atoms with Gasteiger partial charge in [0.2, 0.25) is 0 Å². The van der Waals surface area contributed by atoms with Crippen LogP contribution >= 0.6 is 0 Å². The fraction of sp³-hybridized carbons (Fsp3) is 0.571. The molecule has 0 spiro atoms. The van der Waals surface area contributed by atoms with E-state index >= 15 is 0 Å². The van der Waals surface area contributed by atoms with Crippen LogP contribution in [0.4, 0.5) is 10.1 Å². The summed E-state index contributed by atoms with van der Waals surface area (Å²) in [6.07, 6.45) is 0. The van der Waals surface area contributed by atoms with Gasteiger partial charge in [0.1, 0.15) is 5.82 Å². The molecule has 2 nitrogen and oxygen atoms in total. The highest BCUT2D eigenvalue weighted by Gasteiger charge is 2.10. The molecule has 1 aromatic carbocycles. The highest BCUT2D eigenvalue weighted by molar-refractivity contribution is 5.46. The predicted octanol–water partition coefficient (Wildman–Crippen LogP) is 2.90. The van der Waals surface area contributed by atoms with Gasteiger partial charge in [-0.1, -0.05) is 32.9 Å². The molecule has 1 unspecified atom stereocenters. The summed E-state index contributed by atoms with van der Waals surface area (Å²) in [5, 5.41) is 3.40. The molecule has 1 aromatic rings. The number of anilines is 1. The fourth-order valence-electron chi connectivity index (χ4n) is 1.83. The molecule has 0 aliphatic carbocycles. The van der Waals surface area contributed by atoms with Crippen LogP contribution in [-0.2, 0) is 0 Å². The van der Waals surface area contributed by atoms with Crippen LogP contribution < -0.4 is 10.2 Å². The van der Waals surface area contributed by atoms with Crippen molar-refractivity contribution in [2.75, 3.05) is 25.0 Å². The molecule has 0 saturated heterocycles. The van der Waals surface area contributed by atoms with Crippen LogP contribution in [0.3, 0.4) is 0 Å². The van der Waals surface area contributed by atoms with Crippen LogP contribution in [0.25, 0.3) is 0 Å². The molecule has 96 valence electrons. The summed E-state index contributed by atoms with van der Waals surface area (Å²) in [5.41, 5.74) is 0.670. The van der Waals surface area contributed by atoms with Crippen LogP contribution in [0.2, 0.25) is 0 Å². The van der Waals surface area contributed by atoms with Crippen LogP contribution in [0.15, 0.2) is 24.3 Å². The number of nitrogens with zero attached hydrogens (tertiary/aromatic N) is 1. The lowest BCUT2D eigenvalue weighted by atomic mass is 10.1. The first-order valence-corrected chi connectivity index (χ1v) is 6.19. The Morgan fingerprint density at radius 2 is 1.88 bits per heavy atom. The van der Waals surface area contributed by atoms with Gasteiger partial charge in [0.15, 0.2) is 0 Å². The van der Waals surface area contributed by atoms with Crippen molar-refractivity contribution in [1.29, 1.82) is 0 Å². The van der Waals surface area contributed by atoms with Gasteiger partial charge in [0.25, 0.3) is 0 Å². The summed E-state index contributed by atoms with van der Waals surface area (Å²) in [4.78, 5) is 1.97. The number of para-hydroxylation sites is 1. The zero-order valence-corrected chi connectivity index (χ0v) is 11.2. The normalized spacial score (nSPS) is 12.8. The molecule has 0 radical (unpaired) electrons. The van der Waals surface area contributed by atoms with E-state index in [4.69, 9.17) is 0 Å². The largest absolute Gasteiger partial charge is 0.372 e. The number of nitrogens with one attached hydrogen (secondary N) is 1. The lowest BCUT2D eigenvalue weighted by molar-refractivity contribution is 0.476. The second-order valence-corrected chi connectivity index (χ2v) is 5.00. The number of halogens is 1. The lowest BCUT2D eigenvalue weighted by Crippen LogP contribution is -2.34. The first-order chi connectivity index (χ1) is 8.00. The zero-order chi connectivity index (χ0) is 12.8. The Bertz CT molecular complexity index is 339. The maximum Gasteiger partial charge on any atom is 0.146 e. The molecule has 1 rings (SSSR count). The maximum atomic E-state index is 13.5. The summed E-state index contributed by atoms with van der Waals surface area (Å²) < 4.78 is 13.5. The van der Waals surface area contributed by atoms with E-state index < -0.39 is 0 Å². The minimum absolute atomic E-state index is 0.154. The van der Waals surface area contributed by atoms with Gasteiger partial charge in [-0.25, -0.2) is 4.39 Å². The second kappa shape index (κ2) is 6.60. The van der Waals surface area contributed by atoms with Gasteiger partial charge in [0, 0.05) is 19.6 Å². The molecule has 0 aliphatic rings. The molecule has 0 amide bonds. The molecule has 0 heterocycles. The molecule has 1 N–H and O–H groups in total. The predicted molar refractivity (Wildman–Crippen MR) is 72.0 cm³/mol. The summed E-state index contributed by atoms with van der Waals surface area (Å²) >= 11 is 0. The molecular formula is C14H23FN2. The van der Waals surface area contributed by atoms with Crippen molar-refractivity contribution in [2.24, 2.45) is 5.92 Å². The second-order valence-electron chi connectivity index (χ2n) is 5.00. The number of hydrogen-bond donors (Lipinski definition) is 1. The lowest BCUT2D eigenvalue weighted by Gasteiger charge is -2.24. The molecule has 0 fully saturated rings. The van der Waals surface area contributed by atoms with E-state index in [2.05, 4.69) is 26.1 Å². The smallest absolute Gasteiger partial charge is 0.146 e.